The van der Waals surface area contributed by atoms with E-state index >= 15 is 0 Å². The molecule has 1 aromatic heterocycles. The standard InChI is InChI=1S/C15H16Cl2O2/c1-8-9(2)19-10(3)15(8)14(18)7-11-6-12(16)4-5-13(11)17/h4-6,14,18H,7H2,1-3H3. The van der Waals surface area contributed by atoms with Crippen LogP contribution in [0.3, 0.4) is 0 Å². The zero-order valence-electron chi connectivity index (χ0n) is 11.1. The SMILES string of the molecule is Cc1oc(C)c(C(O)Cc2cc(Cl)ccc2Cl)c1C. The second-order valence-electron chi connectivity index (χ2n) is 4.71. The maximum atomic E-state index is 10.4. The van der Waals surface area contributed by atoms with Crippen LogP contribution in [0.2, 0.25) is 10.0 Å². The maximum Gasteiger partial charge on any atom is 0.107 e. The third-order valence-electron chi connectivity index (χ3n) is 3.37. The Bertz CT molecular complexity index is 602. The number of halogens is 2. The Kier molecular flexibility index (Phi) is 4.24. The largest absolute Gasteiger partial charge is 0.466 e. The van der Waals surface area contributed by atoms with Crippen LogP contribution in [-0.4, -0.2) is 5.11 Å². The lowest BCUT2D eigenvalue weighted by Gasteiger charge is -2.13. The predicted octanol–water partition coefficient (Wildman–Crippen LogP) is 4.79. The first-order valence-electron chi connectivity index (χ1n) is 6.08. The maximum absolute atomic E-state index is 10.4. The summed E-state index contributed by atoms with van der Waals surface area (Å²) in [5.41, 5.74) is 2.66. The number of aliphatic hydroxyl groups excluding tert-OH is 1. The molecule has 1 aromatic carbocycles. The van der Waals surface area contributed by atoms with Gasteiger partial charge in [-0.25, -0.2) is 0 Å². The monoisotopic (exact) mass is 298 g/mol. The summed E-state index contributed by atoms with van der Waals surface area (Å²) in [5, 5.41) is 11.6. The number of furan rings is 1. The van der Waals surface area contributed by atoms with Gasteiger partial charge in [-0.3, -0.25) is 0 Å². The predicted molar refractivity (Wildman–Crippen MR) is 78.0 cm³/mol. The highest BCUT2D eigenvalue weighted by atomic mass is 35.5. The summed E-state index contributed by atoms with van der Waals surface area (Å²) in [6.45, 7) is 5.70. The van der Waals surface area contributed by atoms with Crippen molar-refractivity contribution in [2.75, 3.05) is 0 Å². The molecule has 0 aliphatic rings. The molecule has 1 unspecified atom stereocenters. The molecule has 1 N–H and O–H groups in total. The lowest BCUT2D eigenvalue weighted by molar-refractivity contribution is 0.176. The van der Waals surface area contributed by atoms with E-state index in [4.69, 9.17) is 27.6 Å². The molecule has 0 amide bonds. The van der Waals surface area contributed by atoms with Crippen LogP contribution in [0.4, 0.5) is 0 Å². The van der Waals surface area contributed by atoms with Gasteiger partial charge in [-0.15, -0.1) is 0 Å². The number of benzene rings is 1. The van der Waals surface area contributed by atoms with Gasteiger partial charge < -0.3 is 9.52 Å². The van der Waals surface area contributed by atoms with E-state index in [1.165, 1.54) is 0 Å². The van der Waals surface area contributed by atoms with Crippen molar-refractivity contribution >= 4 is 23.2 Å². The van der Waals surface area contributed by atoms with Crippen LogP contribution in [0, 0.1) is 20.8 Å². The van der Waals surface area contributed by atoms with Crippen molar-refractivity contribution in [1.29, 1.82) is 0 Å². The first kappa shape index (κ1) is 14.4. The molecule has 1 heterocycles. The van der Waals surface area contributed by atoms with Gasteiger partial charge in [0.1, 0.15) is 11.5 Å². The van der Waals surface area contributed by atoms with Crippen molar-refractivity contribution < 1.29 is 9.52 Å². The van der Waals surface area contributed by atoms with Crippen molar-refractivity contribution in [3.05, 3.63) is 56.5 Å². The average Bonchev–Trinajstić information content (AvgIpc) is 2.58. The number of hydrogen-bond donors (Lipinski definition) is 1. The van der Waals surface area contributed by atoms with E-state index in [0.717, 1.165) is 28.2 Å². The molecule has 0 saturated heterocycles. The van der Waals surface area contributed by atoms with E-state index < -0.39 is 6.10 Å². The third kappa shape index (κ3) is 2.97. The highest BCUT2D eigenvalue weighted by Crippen LogP contribution is 2.31. The van der Waals surface area contributed by atoms with Crippen molar-refractivity contribution in [2.45, 2.75) is 33.3 Å². The van der Waals surface area contributed by atoms with E-state index in [0.29, 0.717) is 16.5 Å². The Morgan fingerprint density at radius 3 is 2.42 bits per heavy atom. The van der Waals surface area contributed by atoms with Crippen molar-refractivity contribution in [3.63, 3.8) is 0 Å². The minimum Gasteiger partial charge on any atom is -0.466 e. The zero-order chi connectivity index (χ0) is 14.2. The Hall–Kier alpha value is -0.960. The van der Waals surface area contributed by atoms with Crippen LogP contribution in [0.25, 0.3) is 0 Å². The van der Waals surface area contributed by atoms with Crippen LogP contribution < -0.4 is 0 Å². The number of rotatable bonds is 3. The van der Waals surface area contributed by atoms with Crippen LogP contribution in [-0.2, 0) is 6.42 Å². The van der Waals surface area contributed by atoms with E-state index in [1.807, 2.05) is 20.8 Å². The summed E-state index contributed by atoms with van der Waals surface area (Å²) in [4.78, 5) is 0. The molecule has 0 fully saturated rings. The minimum atomic E-state index is -0.645. The molecule has 0 spiro atoms. The molecule has 2 nitrogen and oxygen atoms in total. The molecule has 0 bridgehead atoms. The molecule has 0 aliphatic carbocycles. The van der Waals surface area contributed by atoms with Gasteiger partial charge in [-0.2, -0.15) is 0 Å². The fourth-order valence-electron chi connectivity index (χ4n) is 2.31. The van der Waals surface area contributed by atoms with E-state index in [2.05, 4.69) is 0 Å². The molecule has 102 valence electrons. The van der Waals surface area contributed by atoms with Gasteiger partial charge in [0.2, 0.25) is 0 Å². The Balaban J connectivity index is 2.30. The van der Waals surface area contributed by atoms with Crippen molar-refractivity contribution in [1.82, 2.24) is 0 Å². The minimum absolute atomic E-state index is 0.417. The van der Waals surface area contributed by atoms with E-state index in [-0.39, 0.29) is 0 Å². The quantitative estimate of drug-likeness (QED) is 0.884. The first-order chi connectivity index (χ1) is 8.90. The molecule has 0 saturated carbocycles. The summed E-state index contributed by atoms with van der Waals surface area (Å²) in [7, 11) is 0. The number of aryl methyl sites for hydroxylation is 2. The lowest BCUT2D eigenvalue weighted by Crippen LogP contribution is -2.04. The summed E-state index contributed by atoms with van der Waals surface area (Å²) < 4.78 is 5.54. The highest BCUT2D eigenvalue weighted by molar-refractivity contribution is 6.33. The van der Waals surface area contributed by atoms with Gasteiger partial charge in [0.05, 0.1) is 6.10 Å². The molecule has 2 rings (SSSR count). The summed E-state index contributed by atoms with van der Waals surface area (Å²) in [6.07, 6.45) is -0.228. The fourth-order valence-corrected chi connectivity index (χ4v) is 2.70. The Labute approximate surface area is 123 Å². The molecule has 19 heavy (non-hydrogen) atoms. The molecule has 2 aromatic rings. The summed E-state index contributed by atoms with van der Waals surface area (Å²) in [5.74, 6) is 1.59. The molecule has 0 radical (unpaired) electrons. The van der Waals surface area contributed by atoms with Crippen molar-refractivity contribution in [3.8, 4) is 0 Å². The summed E-state index contributed by atoms with van der Waals surface area (Å²) >= 11 is 12.1. The van der Waals surface area contributed by atoms with Crippen LogP contribution in [0.5, 0.6) is 0 Å². The smallest absolute Gasteiger partial charge is 0.107 e. The number of hydrogen-bond acceptors (Lipinski definition) is 2. The summed E-state index contributed by atoms with van der Waals surface area (Å²) in [6, 6.07) is 5.26. The average molecular weight is 299 g/mol. The molecule has 0 aliphatic heterocycles. The van der Waals surface area contributed by atoms with Gasteiger partial charge in [-0.05, 0) is 50.1 Å². The second kappa shape index (κ2) is 5.58. The fraction of sp³-hybridized carbons (Fsp3) is 0.333. The van der Waals surface area contributed by atoms with Crippen LogP contribution >= 0.6 is 23.2 Å². The van der Waals surface area contributed by atoms with Gasteiger partial charge >= 0.3 is 0 Å². The molecular weight excluding hydrogens is 283 g/mol. The van der Waals surface area contributed by atoms with Crippen LogP contribution in [0.1, 0.15) is 34.3 Å². The van der Waals surface area contributed by atoms with Crippen molar-refractivity contribution in [2.24, 2.45) is 0 Å². The Morgan fingerprint density at radius 1 is 1.16 bits per heavy atom. The second-order valence-corrected chi connectivity index (χ2v) is 5.55. The van der Waals surface area contributed by atoms with E-state index in [1.54, 1.807) is 18.2 Å². The van der Waals surface area contributed by atoms with Gasteiger partial charge in [0, 0.05) is 22.0 Å². The number of aliphatic hydroxyl groups is 1. The zero-order valence-corrected chi connectivity index (χ0v) is 12.6. The highest BCUT2D eigenvalue weighted by Gasteiger charge is 2.20. The first-order valence-corrected chi connectivity index (χ1v) is 6.84. The normalized spacial score (nSPS) is 12.7. The Morgan fingerprint density at radius 2 is 1.84 bits per heavy atom. The topological polar surface area (TPSA) is 33.4 Å². The van der Waals surface area contributed by atoms with Gasteiger partial charge in [0.25, 0.3) is 0 Å². The molecule has 1 atom stereocenters. The van der Waals surface area contributed by atoms with Gasteiger partial charge in [-0.1, -0.05) is 23.2 Å². The molecule has 4 heteroatoms. The molecular formula is C15H16Cl2O2. The third-order valence-corrected chi connectivity index (χ3v) is 3.98. The van der Waals surface area contributed by atoms with Crippen LogP contribution in [0.15, 0.2) is 22.6 Å². The van der Waals surface area contributed by atoms with Gasteiger partial charge in [0.15, 0.2) is 0 Å². The lowest BCUT2D eigenvalue weighted by atomic mass is 9.98. The van der Waals surface area contributed by atoms with E-state index in [9.17, 15) is 5.11 Å².